The summed E-state index contributed by atoms with van der Waals surface area (Å²) in [5.74, 6) is 0. The quantitative estimate of drug-likeness (QED) is 0.580. The van der Waals surface area contributed by atoms with Gasteiger partial charge in [-0.05, 0) is 50.1 Å². The first kappa shape index (κ1) is 22.6. The molecule has 0 amide bonds. The van der Waals surface area contributed by atoms with Crippen molar-refractivity contribution >= 4 is 31.4 Å². The number of anilines is 2. The monoisotopic (exact) mass is 464 g/mol. The average molecular weight is 465 g/mol. The largest absolute Gasteiger partial charge is 0.296 e. The topological polar surface area (TPSA) is 119 Å². The number of hydrogen-bond acceptors (Lipinski definition) is 5. The molecule has 0 aliphatic carbocycles. The molecule has 0 atom stereocenters. The van der Waals surface area contributed by atoms with Crippen LogP contribution in [0.2, 0.25) is 0 Å². The molecule has 0 unspecified atom stereocenters. The first-order valence-electron chi connectivity index (χ1n) is 9.28. The molecular formula is C20H24N4O5S2. The van der Waals surface area contributed by atoms with Crippen LogP contribution in [0.3, 0.4) is 0 Å². The van der Waals surface area contributed by atoms with Crippen LogP contribution >= 0.6 is 0 Å². The summed E-state index contributed by atoms with van der Waals surface area (Å²) < 4.78 is 57.4. The molecule has 0 aliphatic heterocycles. The van der Waals surface area contributed by atoms with E-state index < -0.39 is 25.6 Å². The van der Waals surface area contributed by atoms with Gasteiger partial charge in [-0.15, -0.1) is 0 Å². The number of nitrogens with one attached hydrogen (secondary N) is 2. The molecule has 3 aromatic rings. The van der Waals surface area contributed by atoms with E-state index in [2.05, 4.69) is 9.44 Å². The molecule has 1 aromatic heterocycles. The van der Waals surface area contributed by atoms with Crippen LogP contribution < -0.4 is 15.0 Å². The fraction of sp³-hybridized carbons (Fsp3) is 0.250. The lowest BCUT2D eigenvalue weighted by Crippen LogP contribution is -2.23. The number of aryl methyl sites for hydroxylation is 1. The van der Waals surface area contributed by atoms with E-state index in [1.54, 1.807) is 49.8 Å². The second-order valence-corrected chi connectivity index (χ2v) is 10.7. The van der Waals surface area contributed by atoms with Crippen LogP contribution in [-0.2, 0) is 27.1 Å². The van der Waals surface area contributed by atoms with Crippen LogP contribution in [0.5, 0.6) is 0 Å². The van der Waals surface area contributed by atoms with Crippen molar-refractivity contribution in [3.05, 3.63) is 69.6 Å². The molecule has 0 bridgehead atoms. The van der Waals surface area contributed by atoms with E-state index in [-0.39, 0.29) is 21.8 Å². The predicted molar refractivity (Wildman–Crippen MR) is 121 cm³/mol. The third-order valence-corrected chi connectivity index (χ3v) is 7.06. The Hall–Kier alpha value is -3.05. The minimum absolute atomic E-state index is 0.0797. The first-order chi connectivity index (χ1) is 14.3. The van der Waals surface area contributed by atoms with Gasteiger partial charge in [0, 0.05) is 7.05 Å². The van der Waals surface area contributed by atoms with Crippen molar-refractivity contribution in [3.63, 3.8) is 0 Å². The zero-order chi connectivity index (χ0) is 23.1. The minimum atomic E-state index is -4.18. The molecule has 2 aromatic carbocycles. The Labute approximate surface area is 181 Å². The smallest absolute Gasteiger partial charge is 0.283 e. The van der Waals surface area contributed by atoms with Crippen LogP contribution in [0.4, 0.5) is 11.4 Å². The summed E-state index contributed by atoms with van der Waals surface area (Å²) in [6.45, 7) is 4.82. The van der Waals surface area contributed by atoms with Gasteiger partial charge in [-0.25, -0.2) is 21.5 Å². The number of nitrogens with zero attached hydrogens (tertiary/aromatic N) is 2. The van der Waals surface area contributed by atoms with Crippen molar-refractivity contribution < 1.29 is 16.8 Å². The van der Waals surface area contributed by atoms with Gasteiger partial charge in [0.1, 0.15) is 5.69 Å². The summed E-state index contributed by atoms with van der Waals surface area (Å²) >= 11 is 0. The Morgan fingerprint density at radius 2 is 1.45 bits per heavy atom. The normalized spacial score (nSPS) is 12.0. The van der Waals surface area contributed by atoms with Gasteiger partial charge in [0.25, 0.3) is 15.6 Å². The van der Waals surface area contributed by atoms with Gasteiger partial charge < -0.3 is 0 Å². The Balaban J connectivity index is 2.11. The number of para-hydroxylation sites is 1. The van der Waals surface area contributed by atoms with Crippen LogP contribution in [0.1, 0.15) is 16.8 Å². The van der Waals surface area contributed by atoms with E-state index in [4.69, 9.17) is 0 Å². The van der Waals surface area contributed by atoms with Gasteiger partial charge in [0.2, 0.25) is 10.0 Å². The van der Waals surface area contributed by atoms with E-state index in [1.807, 2.05) is 6.07 Å². The summed E-state index contributed by atoms with van der Waals surface area (Å²) in [4.78, 5) is 12.9. The van der Waals surface area contributed by atoms with Gasteiger partial charge in [0.15, 0.2) is 0 Å². The number of sulfonamides is 2. The van der Waals surface area contributed by atoms with Gasteiger partial charge in [-0.2, -0.15) is 0 Å². The molecular weight excluding hydrogens is 440 g/mol. The van der Waals surface area contributed by atoms with E-state index >= 15 is 0 Å². The summed E-state index contributed by atoms with van der Waals surface area (Å²) in [6, 6.07) is 11.7. The standard InChI is InChI=1S/C20H24N4O5S2/c1-13-11-12-17(14(2)18(13)21-30(5,26)27)31(28,29)22-19-15(3)23(4)24(20(19)25)16-9-7-6-8-10-16/h6-12,21-22H,1-5H3. The van der Waals surface area contributed by atoms with Gasteiger partial charge in [0.05, 0.1) is 28.2 Å². The molecule has 0 aliphatic rings. The highest BCUT2D eigenvalue weighted by molar-refractivity contribution is 7.93. The van der Waals surface area contributed by atoms with Crippen LogP contribution in [0.15, 0.2) is 52.2 Å². The summed E-state index contributed by atoms with van der Waals surface area (Å²) in [6.07, 6.45) is 0.991. The van der Waals surface area contributed by atoms with E-state index in [9.17, 15) is 21.6 Å². The average Bonchev–Trinajstić information content (AvgIpc) is 2.88. The fourth-order valence-electron chi connectivity index (χ4n) is 3.34. The molecule has 0 saturated carbocycles. The minimum Gasteiger partial charge on any atom is -0.283 e. The summed E-state index contributed by atoms with van der Waals surface area (Å²) in [5.41, 5.74) is 1.42. The SMILES string of the molecule is Cc1ccc(S(=O)(=O)Nc2c(C)n(C)n(-c3ccccc3)c2=O)c(C)c1NS(C)(=O)=O. The Morgan fingerprint density at radius 1 is 0.839 bits per heavy atom. The third-order valence-electron chi connectivity index (χ3n) is 4.99. The van der Waals surface area contributed by atoms with Crippen molar-refractivity contribution in [2.24, 2.45) is 7.05 Å². The molecule has 0 fully saturated rings. The Bertz CT molecular complexity index is 1420. The summed E-state index contributed by atoms with van der Waals surface area (Å²) in [7, 11) is -6.13. The molecule has 2 N–H and O–H groups in total. The maximum Gasteiger partial charge on any atom is 0.296 e. The van der Waals surface area contributed by atoms with Crippen molar-refractivity contribution in [2.75, 3.05) is 15.7 Å². The Morgan fingerprint density at radius 3 is 2.03 bits per heavy atom. The third kappa shape index (κ3) is 4.37. The number of aromatic nitrogens is 2. The molecule has 0 saturated heterocycles. The van der Waals surface area contributed by atoms with Crippen LogP contribution in [-0.4, -0.2) is 32.5 Å². The lowest BCUT2D eigenvalue weighted by atomic mass is 10.1. The van der Waals surface area contributed by atoms with Crippen LogP contribution in [0, 0.1) is 20.8 Å². The number of hydrogen-bond donors (Lipinski definition) is 2. The highest BCUT2D eigenvalue weighted by atomic mass is 32.2. The van der Waals surface area contributed by atoms with Gasteiger partial charge in [-0.1, -0.05) is 24.3 Å². The highest BCUT2D eigenvalue weighted by Crippen LogP contribution is 2.29. The Kier molecular flexibility index (Phi) is 5.76. The molecule has 1 heterocycles. The zero-order valence-corrected chi connectivity index (χ0v) is 19.4. The van der Waals surface area contributed by atoms with E-state index in [1.165, 1.54) is 23.7 Å². The van der Waals surface area contributed by atoms with Crippen molar-refractivity contribution in [1.82, 2.24) is 9.36 Å². The fourth-order valence-corrected chi connectivity index (χ4v) is 5.39. The molecule has 9 nitrogen and oxygen atoms in total. The number of benzene rings is 2. The second kappa shape index (κ2) is 7.89. The molecule has 11 heteroatoms. The van der Waals surface area contributed by atoms with Crippen LogP contribution in [0.25, 0.3) is 5.69 Å². The maximum atomic E-state index is 13.2. The molecule has 3 rings (SSSR count). The molecule has 0 radical (unpaired) electrons. The predicted octanol–water partition coefficient (Wildman–Crippen LogP) is 2.27. The zero-order valence-electron chi connectivity index (χ0n) is 17.8. The first-order valence-corrected chi connectivity index (χ1v) is 12.7. The second-order valence-electron chi connectivity index (χ2n) is 7.30. The summed E-state index contributed by atoms with van der Waals surface area (Å²) in [5, 5.41) is 0. The van der Waals surface area contributed by atoms with Crippen molar-refractivity contribution in [2.45, 2.75) is 25.7 Å². The lowest BCUT2D eigenvalue weighted by molar-refractivity contribution is 0.599. The van der Waals surface area contributed by atoms with E-state index in [0.717, 1.165) is 6.26 Å². The van der Waals surface area contributed by atoms with Gasteiger partial charge in [-0.3, -0.25) is 18.9 Å². The number of rotatable bonds is 6. The van der Waals surface area contributed by atoms with Crippen molar-refractivity contribution in [1.29, 1.82) is 0 Å². The maximum absolute atomic E-state index is 13.2. The van der Waals surface area contributed by atoms with Gasteiger partial charge >= 0.3 is 0 Å². The van der Waals surface area contributed by atoms with Crippen molar-refractivity contribution in [3.8, 4) is 5.69 Å². The highest BCUT2D eigenvalue weighted by Gasteiger charge is 2.25. The molecule has 31 heavy (non-hydrogen) atoms. The lowest BCUT2D eigenvalue weighted by Gasteiger charge is -2.16. The van der Waals surface area contributed by atoms with E-state index in [0.29, 0.717) is 16.9 Å². The molecule has 0 spiro atoms. The molecule has 166 valence electrons.